The van der Waals surface area contributed by atoms with Crippen molar-refractivity contribution in [2.75, 3.05) is 19.6 Å². The van der Waals surface area contributed by atoms with Crippen LogP contribution < -0.4 is 5.32 Å². The first-order valence-electron chi connectivity index (χ1n) is 6.95. The highest BCUT2D eigenvalue weighted by molar-refractivity contribution is 5.78. The summed E-state index contributed by atoms with van der Waals surface area (Å²) in [6, 6.07) is 0. The molecule has 0 aromatic heterocycles. The molecule has 3 nitrogen and oxygen atoms in total. The number of hydrogen-bond donors (Lipinski definition) is 1. The molecule has 1 amide bonds. The van der Waals surface area contributed by atoms with Gasteiger partial charge in [0.05, 0.1) is 6.54 Å². The predicted octanol–water partition coefficient (Wildman–Crippen LogP) is 2.41. The first kappa shape index (κ1) is 14.5. The van der Waals surface area contributed by atoms with Crippen LogP contribution in [-0.4, -0.2) is 36.0 Å². The zero-order valence-electron chi connectivity index (χ0n) is 11.9. The highest BCUT2D eigenvalue weighted by Gasteiger charge is 2.22. The van der Waals surface area contributed by atoms with Gasteiger partial charge in [-0.15, -0.1) is 0 Å². The van der Waals surface area contributed by atoms with Crippen LogP contribution in [0.2, 0.25) is 0 Å². The number of hydrogen-bond acceptors (Lipinski definition) is 2. The normalized spacial score (nSPS) is 18.5. The fourth-order valence-corrected chi connectivity index (χ4v) is 2.33. The molecule has 0 unspecified atom stereocenters. The Morgan fingerprint density at radius 3 is 2.35 bits per heavy atom. The molecule has 1 N–H and O–H groups in total. The van der Waals surface area contributed by atoms with E-state index in [1.165, 1.54) is 25.7 Å². The van der Waals surface area contributed by atoms with Gasteiger partial charge in [-0.2, -0.15) is 0 Å². The van der Waals surface area contributed by atoms with Crippen LogP contribution >= 0.6 is 0 Å². The summed E-state index contributed by atoms with van der Waals surface area (Å²) in [4.78, 5) is 14.0. The Morgan fingerprint density at radius 2 is 1.88 bits per heavy atom. The maximum absolute atomic E-state index is 12.0. The lowest BCUT2D eigenvalue weighted by Gasteiger charge is -2.33. The van der Waals surface area contributed by atoms with Gasteiger partial charge in [0, 0.05) is 18.6 Å². The molecule has 3 heteroatoms. The molecule has 1 saturated heterocycles. The Labute approximate surface area is 106 Å². The van der Waals surface area contributed by atoms with Crippen LogP contribution in [-0.2, 0) is 4.79 Å². The molecule has 1 aliphatic heterocycles. The molecule has 0 bridgehead atoms. The lowest BCUT2D eigenvalue weighted by Crippen LogP contribution is -2.47. The monoisotopic (exact) mass is 240 g/mol. The van der Waals surface area contributed by atoms with Crippen molar-refractivity contribution >= 4 is 5.91 Å². The molecule has 0 spiro atoms. The molecule has 1 fully saturated rings. The van der Waals surface area contributed by atoms with Crippen molar-refractivity contribution in [3.05, 3.63) is 0 Å². The fourth-order valence-electron chi connectivity index (χ4n) is 2.33. The van der Waals surface area contributed by atoms with Crippen molar-refractivity contribution in [3.8, 4) is 0 Å². The Hall–Kier alpha value is -0.570. The third kappa shape index (κ3) is 5.53. The van der Waals surface area contributed by atoms with Crippen LogP contribution in [0.25, 0.3) is 0 Å². The van der Waals surface area contributed by atoms with Gasteiger partial charge >= 0.3 is 0 Å². The van der Waals surface area contributed by atoms with Gasteiger partial charge in [-0.25, -0.2) is 0 Å². The summed E-state index contributed by atoms with van der Waals surface area (Å²) in [7, 11) is 0. The van der Waals surface area contributed by atoms with E-state index in [9.17, 15) is 4.79 Å². The first-order chi connectivity index (χ1) is 7.92. The van der Waals surface area contributed by atoms with Gasteiger partial charge in [0.25, 0.3) is 0 Å². The average Bonchev–Trinajstić information content (AvgIpc) is 2.26. The molecule has 100 valence electrons. The molecule has 0 aliphatic carbocycles. The summed E-state index contributed by atoms with van der Waals surface area (Å²) in [6.07, 6.45) is 4.97. The second-order valence-electron chi connectivity index (χ2n) is 6.22. The summed E-state index contributed by atoms with van der Waals surface area (Å²) >= 11 is 0. The quantitative estimate of drug-likeness (QED) is 0.818. The van der Waals surface area contributed by atoms with E-state index >= 15 is 0 Å². The molecule has 0 radical (unpaired) electrons. The van der Waals surface area contributed by atoms with Gasteiger partial charge < -0.3 is 10.2 Å². The number of nitrogens with one attached hydrogen (secondary N) is 1. The minimum absolute atomic E-state index is 0.0240. The van der Waals surface area contributed by atoms with E-state index in [2.05, 4.69) is 33.0 Å². The summed E-state index contributed by atoms with van der Waals surface area (Å²) < 4.78 is 0. The van der Waals surface area contributed by atoms with E-state index in [1.807, 2.05) is 4.90 Å². The summed E-state index contributed by atoms with van der Waals surface area (Å²) in [5.41, 5.74) is 0.0240. The molecule has 0 aromatic rings. The first-order valence-corrected chi connectivity index (χ1v) is 6.95. The van der Waals surface area contributed by atoms with Crippen molar-refractivity contribution in [2.45, 2.75) is 58.9 Å². The van der Waals surface area contributed by atoms with Crippen molar-refractivity contribution in [2.24, 2.45) is 5.92 Å². The molecule has 0 atom stereocenters. The second-order valence-corrected chi connectivity index (χ2v) is 6.22. The Bertz CT molecular complexity index is 237. The Morgan fingerprint density at radius 1 is 1.29 bits per heavy atom. The van der Waals surface area contributed by atoms with E-state index < -0.39 is 0 Å². The topological polar surface area (TPSA) is 32.3 Å². The van der Waals surface area contributed by atoms with Gasteiger partial charge in [-0.1, -0.05) is 19.8 Å². The van der Waals surface area contributed by atoms with Gasteiger partial charge in [0.1, 0.15) is 0 Å². The van der Waals surface area contributed by atoms with Crippen LogP contribution in [0.3, 0.4) is 0 Å². The van der Waals surface area contributed by atoms with E-state index in [1.54, 1.807) is 0 Å². The van der Waals surface area contributed by atoms with Crippen LogP contribution in [0, 0.1) is 5.92 Å². The molecule has 1 rings (SSSR count). The van der Waals surface area contributed by atoms with Crippen molar-refractivity contribution in [3.63, 3.8) is 0 Å². The van der Waals surface area contributed by atoms with Crippen LogP contribution in [0.5, 0.6) is 0 Å². The average molecular weight is 240 g/mol. The van der Waals surface area contributed by atoms with Crippen LogP contribution in [0.15, 0.2) is 0 Å². The van der Waals surface area contributed by atoms with Crippen LogP contribution in [0.4, 0.5) is 0 Å². The highest BCUT2D eigenvalue weighted by Crippen LogP contribution is 2.21. The molecule has 0 aromatic carbocycles. The van der Waals surface area contributed by atoms with Crippen molar-refractivity contribution in [1.82, 2.24) is 10.2 Å². The number of carbonyl (C=O) groups excluding carboxylic acids is 1. The third-order valence-electron chi connectivity index (χ3n) is 3.43. The van der Waals surface area contributed by atoms with E-state index in [-0.39, 0.29) is 11.4 Å². The molecule has 0 saturated carbocycles. The van der Waals surface area contributed by atoms with Gasteiger partial charge in [-0.3, -0.25) is 4.79 Å². The molecular weight excluding hydrogens is 212 g/mol. The summed E-state index contributed by atoms with van der Waals surface area (Å²) in [5.74, 6) is 1.11. The number of rotatable bonds is 4. The lowest BCUT2D eigenvalue weighted by atomic mass is 9.92. The molecule has 1 heterocycles. The molecular formula is C14H28N2O. The van der Waals surface area contributed by atoms with E-state index in [4.69, 9.17) is 0 Å². The van der Waals surface area contributed by atoms with E-state index in [0.29, 0.717) is 6.54 Å². The van der Waals surface area contributed by atoms with Gasteiger partial charge in [0.15, 0.2) is 0 Å². The smallest absolute Gasteiger partial charge is 0.236 e. The standard InChI is InChI=1S/C14H28N2O/c1-5-6-12-7-9-16(10-8-12)13(17)11-15-14(2,3)4/h12,15H,5-11H2,1-4H3. The maximum Gasteiger partial charge on any atom is 0.236 e. The van der Waals surface area contributed by atoms with E-state index in [0.717, 1.165) is 19.0 Å². The summed E-state index contributed by atoms with van der Waals surface area (Å²) in [6.45, 7) is 10.9. The molecule has 1 aliphatic rings. The number of amides is 1. The largest absolute Gasteiger partial charge is 0.342 e. The number of likely N-dealkylation sites (tertiary alicyclic amines) is 1. The van der Waals surface area contributed by atoms with Gasteiger partial charge in [-0.05, 0) is 39.5 Å². The maximum atomic E-state index is 12.0. The van der Waals surface area contributed by atoms with Crippen LogP contribution in [0.1, 0.15) is 53.4 Å². The molecule has 17 heavy (non-hydrogen) atoms. The minimum Gasteiger partial charge on any atom is -0.342 e. The predicted molar refractivity (Wildman–Crippen MR) is 72.0 cm³/mol. The fraction of sp³-hybridized carbons (Fsp3) is 0.929. The summed E-state index contributed by atoms with van der Waals surface area (Å²) in [5, 5.41) is 3.26. The van der Waals surface area contributed by atoms with Crippen molar-refractivity contribution in [1.29, 1.82) is 0 Å². The number of piperidine rings is 1. The lowest BCUT2D eigenvalue weighted by molar-refractivity contribution is -0.131. The number of nitrogens with zero attached hydrogens (tertiary/aromatic N) is 1. The SMILES string of the molecule is CCCC1CCN(C(=O)CNC(C)(C)C)CC1. The Kier molecular flexibility index (Phi) is 5.44. The third-order valence-corrected chi connectivity index (χ3v) is 3.43. The number of carbonyl (C=O) groups is 1. The van der Waals surface area contributed by atoms with Gasteiger partial charge in [0.2, 0.25) is 5.91 Å². The Balaban J connectivity index is 2.26. The minimum atomic E-state index is 0.0240. The zero-order valence-corrected chi connectivity index (χ0v) is 11.9. The van der Waals surface area contributed by atoms with Crippen molar-refractivity contribution < 1.29 is 4.79 Å². The second kappa shape index (κ2) is 6.39. The zero-order chi connectivity index (χ0) is 12.9. The highest BCUT2D eigenvalue weighted by atomic mass is 16.2.